The Bertz CT molecular complexity index is 998. The van der Waals surface area contributed by atoms with E-state index >= 15 is 0 Å². The number of hydrogen-bond acceptors (Lipinski definition) is 6. The minimum atomic E-state index is -0.942. The summed E-state index contributed by atoms with van der Waals surface area (Å²) in [6, 6.07) is 5.00. The normalized spacial score (nSPS) is 23.3. The maximum Gasteiger partial charge on any atom is 0.336 e. The van der Waals surface area contributed by atoms with E-state index < -0.39 is 23.8 Å². The molecule has 1 aliphatic carbocycles. The molecule has 0 spiro atoms. The van der Waals surface area contributed by atoms with Gasteiger partial charge in [-0.3, -0.25) is 9.59 Å². The number of carbonyl (C=O) groups is 3. The van der Waals surface area contributed by atoms with Crippen LogP contribution in [0.2, 0.25) is 10.0 Å². The first-order valence-corrected chi connectivity index (χ1v) is 10.9. The fourth-order valence-corrected chi connectivity index (χ4v) is 4.56. The van der Waals surface area contributed by atoms with E-state index in [1.807, 2.05) is 13.8 Å². The Morgan fingerprint density at radius 3 is 2.55 bits per heavy atom. The van der Waals surface area contributed by atoms with Gasteiger partial charge in [-0.25, -0.2) is 4.79 Å². The Balaban J connectivity index is 2.18. The van der Waals surface area contributed by atoms with Crippen LogP contribution in [0.15, 0.2) is 40.7 Å². The highest BCUT2D eigenvalue weighted by molar-refractivity contribution is 6.42. The summed E-state index contributed by atoms with van der Waals surface area (Å²) in [5, 5.41) is 3.88. The van der Waals surface area contributed by atoms with E-state index in [4.69, 9.17) is 32.7 Å². The molecule has 1 N–H and O–H groups in total. The topological polar surface area (TPSA) is 81.7 Å². The number of carbonyl (C=O) groups excluding carboxylic acids is 3. The zero-order valence-electron chi connectivity index (χ0n) is 17.9. The van der Waals surface area contributed by atoms with E-state index in [0.29, 0.717) is 51.0 Å². The van der Waals surface area contributed by atoms with E-state index in [1.54, 1.807) is 25.1 Å². The molecule has 3 atom stereocenters. The number of hydrogen-bond donors (Lipinski definition) is 1. The van der Waals surface area contributed by atoms with E-state index in [1.165, 1.54) is 7.11 Å². The molecule has 0 aromatic heterocycles. The van der Waals surface area contributed by atoms with E-state index in [2.05, 4.69) is 5.32 Å². The smallest absolute Gasteiger partial charge is 0.336 e. The van der Waals surface area contributed by atoms with Crippen molar-refractivity contribution in [3.8, 4) is 0 Å². The average molecular weight is 466 g/mol. The third kappa shape index (κ3) is 4.37. The van der Waals surface area contributed by atoms with Crippen LogP contribution in [0.4, 0.5) is 0 Å². The summed E-state index contributed by atoms with van der Waals surface area (Å²) in [4.78, 5) is 39.0. The molecule has 0 fully saturated rings. The highest BCUT2D eigenvalue weighted by atomic mass is 35.5. The van der Waals surface area contributed by atoms with Gasteiger partial charge in [0, 0.05) is 22.9 Å². The number of ketones is 1. The van der Waals surface area contributed by atoms with Crippen LogP contribution in [-0.4, -0.2) is 31.4 Å². The third-order valence-electron chi connectivity index (χ3n) is 5.68. The standard InChI is InChI=1S/C23H25Cl2NO5/c1-5-8-31-23(29)18-12(3)26-16-9-11(2)17(22(28)30-4)21(27)20(16)19(18)13-6-7-14(24)15(25)10-13/h6-7,10-11,17,19,26H,5,8-9H2,1-4H3/t11-,17-,19+/m1/s1. The first-order valence-electron chi connectivity index (χ1n) is 10.2. The predicted octanol–water partition coefficient (Wildman–Crippen LogP) is 4.56. The van der Waals surface area contributed by atoms with Crippen molar-refractivity contribution < 1.29 is 23.9 Å². The fraction of sp³-hybridized carbons (Fsp3) is 0.435. The lowest BCUT2D eigenvalue weighted by molar-refractivity contribution is -0.151. The quantitative estimate of drug-likeness (QED) is 0.506. The Kier molecular flexibility index (Phi) is 7.12. The SMILES string of the molecule is CCCOC(=O)C1=C(C)NC2=C(C(=O)[C@H](C(=O)OC)[C@H](C)C2)[C@H]1c1ccc(Cl)c(Cl)c1. The predicted molar refractivity (Wildman–Crippen MR) is 118 cm³/mol. The van der Waals surface area contributed by atoms with Gasteiger partial charge in [0.05, 0.1) is 29.3 Å². The number of esters is 2. The lowest BCUT2D eigenvalue weighted by Gasteiger charge is -2.38. The minimum Gasteiger partial charge on any atom is -0.468 e. The van der Waals surface area contributed by atoms with Crippen LogP contribution >= 0.6 is 23.2 Å². The molecule has 2 aliphatic rings. The van der Waals surface area contributed by atoms with E-state index in [-0.39, 0.29) is 18.3 Å². The largest absolute Gasteiger partial charge is 0.468 e. The molecular formula is C23H25Cl2NO5. The Morgan fingerprint density at radius 2 is 1.94 bits per heavy atom. The molecule has 3 rings (SSSR count). The van der Waals surface area contributed by atoms with Crippen molar-refractivity contribution in [3.63, 3.8) is 0 Å². The molecule has 166 valence electrons. The second kappa shape index (κ2) is 9.45. The molecule has 6 nitrogen and oxygen atoms in total. The molecule has 1 heterocycles. The molecule has 1 aliphatic heterocycles. The maximum atomic E-state index is 13.6. The number of methoxy groups -OCH3 is 1. The number of benzene rings is 1. The van der Waals surface area contributed by atoms with Gasteiger partial charge in [0.25, 0.3) is 0 Å². The number of ether oxygens (including phenoxy) is 2. The number of rotatable bonds is 5. The zero-order chi connectivity index (χ0) is 22.9. The molecule has 0 saturated heterocycles. The Hall–Kier alpha value is -2.31. The highest BCUT2D eigenvalue weighted by Gasteiger charge is 2.47. The summed E-state index contributed by atoms with van der Waals surface area (Å²) < 4.78 is 10.3. The fourth-order valence-electron chi connectivity index (χ4n) is 4.25. The van der Waals surface area contributed by atoms with Crippen LogP contribution in [-0.2, 0) is 23.9 Å². The van der Waals surface area contributed by atoms with Crippen LogP contribution in [0.5, 0.6) is 0 Å². The van der Waals surface area contributed by atoms with Gasteiger partial charge in [0.2, 0.25) is 0 Å². The summed E-state index contributed by atoms with van der Waals surface area (Å²) in [5.74, 6) is -3.39. The van der Waals surface area contributed by atoms with E-state index in [0.717, 1.165) is 0 Å². The van der Waals surface area contributed by atoms with Gasteiger partial charge in [0.15, 0.2) is 5.78 Å². The Labute approximate surface area is 191 Å². The van der Waals surface area contributed by atoms with Gasteiger partial charge in [-0.1, -0.05) is 43.1 Å². The summed E-state index contributed by atoms with van der Waals surface area (Å²) in [5.41, 5.74) is 2.60. The van der Waals surface area contributed by atoms with Gasteiger partial charge < -0.3 is 14.8 Å². The van der Waals surface area contributed by atoms with Gasteiger partial charge >= 0.3 is 11.9 Å². The molecule has 1 aromatic carbocycles. The monoisotopic (exact) mass is 465 g/mol. The second-order valence-electron chi connectivity index (χ2n) is 7.84. The zero-order valence-corrected chi connectivity index (χ0v) is 19.4. The number of Topliss-reactive ketones (excluding diaryl/α,β-unsaturated/α-hetero) is 1. The van der Waals surface area contributed by atoms with Crippen molar-refractivity contribution in [1.82, 2.24) is 5.32 Å². The molecule has 0 radical (unpaired) electrons. The maximum absolute atomic E-state index is 13.6. The van der Waals surface area contributed by atoms with Crippen LogP contribution in [0.1, 0.15) is 45.1 Å². The van der Waals surface area contributed by atoms with Crippen molar-refractivity contribution >= 4 is 40.9 Å². The lowest BCUT2D eigenvalue weighted by atomic mass is 9.69. The van der Waals surface area contributed by atoms with Crippen molar-refractivity contribution in [2.75, 3.05) is 13.7 Å². The van der Waals surface area contributed by atoms with Crippen LogP contribution in [0.25, 0.3) is 0 Å². The molecule has 0 bridgehead atoms. The van der Waals surface area contributed by atoms with Crippen molar-refractivity contribution in [2.45, 2.75) is 39.5 Å². The van der Waals surface area contributed by atoms with Gasteiger partial charge in [0.1, 0.15) is 5.92 Å². The Morgan fingerprint density at radius 1 is 1.23 bits per heavy atom. The molecule has 0 saturated carbocycles. The van der Waals surface area contributed by atoms with Gasteiger partial charge in [-0.2, -0.15) is 0 Å². The van der Waals surface area contributed by atoms with Crippen molar-refractivity contribution in [2.24, 2.45) is 11.8 Å². The summed E-state index contributed by atoms with van der Waals surface area (Å²) in [7, 11) is 1.26. The third-order valence-corrected chi connectivity index (χ3v) is 6.42. The number of allylic oxidation sites excluding steroid dienone is 3. The lowest BCUT2D eigenvalue weighted by Crippen LogP contribution is -2.43. The molecule has 1 aromatic rings. The van der Waals surface area contributed by atoms with E-state index in [9.17, 15) is 14.4 Å². The number of nitrogens with one attached hydrogen (secondary N) is 1. The molecule has 8 heteroatoms. The van der Waals surface area contributed by atoms with Crippen LogP contribution in [0, 0.1) is 11.8 Å². The van der Waals surface area contributed by atoms with Gasteiger partial charge in [-0.05, 0) is 43.4 Å². The highest BCUT2D eigenvalue weighted by Crippen LogP contribution is 2.46. The minimum absolute atomic E-state index is 0.248. The molecule has 31 heavy (non-hydrogen) atoms. The first kappa shape index (κ1) is 23.4. The van der Waals surface area contributed by atoms with Crippen molar-refractivity contribution in [3.05, 3.63) is 56.3 Å². The summed E-state index contributed by atoms with van der Waals surface area (Å²) in [6.07, 6.45) is 1.13. The summed E-state index contributed by atoms with van der Waals surface area (Å²) in [6.45, 7) is 5.77. The summed E-state index contributed by atoms with van der Waals surface area (Å²) >= 11 is 12.4. The average Bonchev–Trinajstić information content (AvgIpc) is 2.72. The molecular weight excluding hydrogens is 441 g/mol. The van der Waals surface area contributed by atoms with Gasteiger partial charge in [-0.15, -0.1) is 0 Å². The first-order chi connectivity index (χ1) is 14.7. The molecule has 0 unspecified atom stereocenters. The molecule has 0 amide bonds. The number of dihydropyridines is 1. The van der Waals surface area contributed by atoms with Crippen LogP contribution < -0.4 is 5.32 Å². The number of halogens is 2. The van der Waals surface area contributed by atoms with Crippen LogP contribution in [0.3, 0.4) is 0 Å². The van der Waals surface area contributed by atoms with Crippen molar-refractivity contribution in [1.29, 1.82) is 0 Å². The second-order valence-corrected chi connectivity index (χ2v) is 8.66.